The molecule has 114 valence electrons. The van der Waals surface area contributed by atoms with E-state index in [4.69, 9.17) is 11.6 Å². The fourth-order valence-electron chi connectivity index (χ4n) is 1.96. The first-order valence-corrected chi connectivity index (χ1v) is 9.30. The van der Waals surface area contributed by atoms with Gasteiger partial charge in [-0.25, -0.2) is 0 Å². The molecular formula is C19H13ClINS. The Morgan fingerprint density at radius 3 is 2.09 bits per heavy atom. The molecule has 0 N–H and O–H groups in total. The molecule has 23 heavy (non-hydrogen) atoms. The molecule has 0 aliphatic heterocycles. The Labute approximate surface area is 158 Å². The van der Waals surface area contributed by atoms with Gasteiger partial charge in [-0.1, -0.05) is 47.6 Å². The van der Waals surface area contributed by atoms with Gasteiger partial charge in [-0.15, -0.1) is 0 Å². The summed E-state index contributed by atoms with van der Waals surface area (Å²) >= 11 is 9.92. The van der Waals surface area contributed by atoms with Gasteiger partial charge in [0.15, 0.2) is 0 Å². The Bertz CT molecular complexity index is 814. The predicted molar refractivity (Wildman–Crippen MR) is 108 cm³/mol. The maximum Gasteiger partial charge on any atom is 0.0763 e. The summed E-state index contributed by atoms with van der Waals surface area (Å²) < 4.78 is 1.15. The summed E-state index contributed by atoms with van der Waals surface area (Å²) in [7, 11) is 0. The maximum absolute atomic E-state index is 5.91. The van der Waals surface area contributed by atoms with Gasteiger partial charge in [-0.05, 0) is 76.7 Å². The van der Waals surface area contributed by atoms with E-state index in [1.807, 2.05) is 48.7 Å². The van der Waals surface area contributed by atoms with Gasteiger partial charge >= 0.3 is 0 Å². The van der Waals surface area contributed by atoms with Crippen LogP contribution in [-0.4, -0.2) is 6.21 Å². The molecule has 0 amide bonds. The van der Waals surface area contributed by atoms with Crippen LogP contribution in [-0.2, 0) is 0 Å². The monoisotopic (exact) mass is 449 g/mol. The topological polar surface area (TPSA) is 12.4 Å². The van der Waals surface area contributed by atoms with E-state index in [1.54, 1.807) is 11.8 Å². The van der Waals surface area contributed by atoms with Crippen molar-refractivity contribution in [3.63, 3.8) is 0 Å². The summed E-state index contributed by atoms with van der Waals surface area (Å²) in [5.74, 6) is 0. The Morgan fingerprint density at radius 2 is 1.43 bits per heavy atom. The van der Waals surface area contributed by atoms with Crippen LogP contribution in [0.25, 0.3) is 0 Å². The first kappa shape index (κ1) is 16.6. The van der Waals surface area contributed by atoms with Gasteiger partial charge in [0.25, 0.3) is 0 Å². The summed E-state index contributed by atoms with van der Waals surface area (Å²) in [6, 6.07) is 24.3. The Morgan fingerprint density at radius 1 is 0.826 bits per heavy atom. The number of nitrogens with zero attached hydrogens (tertiary/aromatic N) is 1. The SMILES string of the molecule is Clc1ccc(Sc2ccc(C=Nc3ccccc3I)cc2)cc1. The molecule has 0 saturated heterocycles. The minimum absolute atomic E-state index is 0.761. The molecule has 0 saturated carbocycles. The van der Waals surface area contributed by atoms with Crippen molar-refractivity contribution in [1.29, 1.82) is 0 Å². The number of aliphatic imine (C=N–C) groups is 1. The summed E-state index contributed by atoms with van der Waals surface area (Å²) in [6.07, 6.45) is 1.90. The molecule has 0 aliphatic rings. The second-order valence-electron chi connectivity index (χ2n) is 4.83. The number of hydrogen-bond acceptors (Lipinski definition) is 2. The predicted octanol–water partition coefficient (Wildman–Crippen LogP) is 6.85. The standard InChI is InChI=1S/C19H13ClINS/c20-15-7-11-17(12-8-15)23-16-9-5-14(6-10-16)13-22-19-4-2-1-3-18(19)21/h1-13H. The van der Waals surface area contributed by atoms with Crippen molar-refractivity contribution in [3.8, 4) is 0 Å². The molecule has 3 rings (SSSR count). The fourth-order valence-corrected chi connectivity index (χ4v) is 3.43. The number of halogens is 2. The lowest BCUT2D eigenvalue weighted by Gasteiger charge is -2.02. The van der Waals surface area contributed by atoms with E-state index >= 15 is 0 Å². The maximum atomic E-state index is 5.91. The average Bonchev–Trinajstić information content (AvgIpc) is 2.58. The molecule has 1 nitrogen and oxygen atoms in total. The fraction of sp³-hybridized carbons (Fsp3) is 0. The van der Waals surface area contributed by atoms with Crippen LogP contribution >= 0.6 is 46.0 Å². The van der Waals surface area contributed by atoms with Gasteiger partial charge < -0.3 is 0 Å². The van der Waals surface area contributed by atoms with Crippen molar-refractivity contribution < 1.29 is 0 Å². The van der Waals surface area contributed by atoms with E-state index in [9.17, 15) is 0 Å². The lowest BCUT2D eigenvalue weighted by Crippen LogP contribution is -1.81. The second kappa shape index (κ2) is 7.99. The highest BCUT2D eigenvalue weighted by atomic mass is 127. The number of para-hydroxylation sites is 1. The molecule has 3 aromatic carbocycles. The molecule has 0 fully saturated rings. The van der Waals surface area contributed by atoms with E-state index in [0.717, 1.165) is 19.8 Å². The first-order valence-electron chi connectivity index (χ1n) is 7.03. The molecule has 0 aromatic heterocycles. The van der Waals surface area contributed by atoms with Crippen molar-refractivity contribution in [1.82, 2.24) is 0 Å². The smallest absolute Gasteiger partial charge is 0.0763 e. The van der Waals surface area contributed by atoms with E-state index in [0.29, 0.717) is 0 Å². The van der Waals surface area contributed by atoms with Gasteiger partial charge in [0.2, 0.25) is 0 Å². The van der Waals surface area contributed by atoms with Crippen LogP contribution in [0, 0.1) is 3.57 Å². The molecule has 4 heteroatoms. The van der Waals surface area contributed by atoms with Gasteiger partial charge in [-0.3, -0.25) is 4.99 Å². The zero-order valence-electron chi connectivity index (χ0n) is 12.1. The quantitative estimate of drug-likeness (QED) is 0.313. The summed E-state index contributed by atoms with van der Waals surface area (Å²) in [5.41, 5.74) is 2.08. The summed E-state index contributed by atoms with van der Waals surface area (Å²) in [5, 5.41) is 0.761. The third-order valence-corrected chi connectivity index (χ3v) is 5.31. The van der Waals surface area contributed by atoms with Gasteiger partial charge in [0, 0.05) is 24.6 Å². The van der Waals surface area contributed by atoms with Crippen LogP contribution in [0.5, 0.6) is 0 Å². The van der Waals surface area contributed by atoms with Crippen LogP contribution in [0.4, 0.5) is 5.69 Å². The highest BCUT2D eigenvalue weighted by Crippen LogP contribution is 2.28. The third-order valence-electron chi connectivity index (χ3n) is 3.13. The number of rotatable bonds is 4. The van der Waals surface area contributed by atoms with E-state index in [-0.39, 0.29) is 0 Å². The van der Waals surface area contributed by atoms with Gasteiger partial charge in [0.05, 0.1) is 5.69 Å². The van der Waals surface area contributed by atoms with Crippen molar-refractivity contribution in [2.75, 3.05) is 0 Å². The van der Waals surface area contributed by atoms with Gasteiger partial charge in [-0.2, -0.15) is 0 Å². The molecule has 0 radical (unpaired) electrons. The van der Waals surface area contributed by atoms with Crippen molar-refractivity contribution in [2.24, 2.45) is 4.99 Å². The number of benzene rings is 3. The van der Waals surface area contributed by atoms with Crippen molar-refractivity contribution in [2.45, 2.75) is 9.79 Å². The van der Waals surface area contributed by atoms with Crippen LogP contribution < -0.4 is 0 Å². The normalized spacial score (nSPS) is 11.0. The minimum atomic E-state index is 0.761. The van der Waals surface area contributed by atoms with Crippen LogP contribution in [0.3, 0.4) is 0 Å². The molecule has 0 bridgehead atoms. The highest BCUT2D eigenvalue weighted by Gasteiger charge is 1.98. The Kier molecular flexibility index (Phi) is 5.75. The van der Waals surface area contributed by atoms with Crippen LogP contribution in [0.15, 0.2) is 87.6 Å². The largest absolute Gasteiger partial charge is 0.255 e. The molecule has 3 aromatic rings. The lowest BCUT2D eigenvalue weighted by atomic mass is 10.2. The van der Waals surface area contributed by atoms with E-state index in [1.165, 1.54) is 9.79 Å². The molecule has 0 spiro atoms. The molecule has 0 unspecified atom stereocenters. The number of hydrogen-bond donors (Lipinski definition) is 0. The second-order valence-corrected chi connectivity index (χ2v) is 7.58. The highest BCUT2D eigenvalue weighted by molar-refractivity contribution is 14.1. The molecule has 0 atom stereocenters. The van der Waals surface area contributed by atoms with E-state index < -0.39 is 0 Å². The molecular weight excluding hydrogens is 437 g/mol. The zero-order chi connectivity index (χ0) is 16.1. The Hall–Kier alpha value is -1.30. The first-order chi connectivity index (χ1) is 11.2. The van der Waals surface area contributed by atoms with Crippen molar-refractivity contribution in [3.05, 3.63) is 87.0 Å². The average molecular weight is 450 g/mol. The van der Waals surface area contributed by atoms with Crippen LogP contribution in [0.1, 0.15) is 5.56 Å². The summed E-state index contributed by atoms with van der Waals surface area (Å²) in [6.45, 7) is 0. The summed E-state index contributed by atoms with van der Waals surface area (Å²) in [4.78, 5) is 6.91. The minimum Gasteiger partial charge on any atom is -0.255 e. The van der Waals surface area contributed by atoms with Gasteiger partial charge in [0.1, 0.15) is 0 Å². The van der Waals surface area contributed by atoms with Crippen molar-refractivity contribution >= 4 is 57.9 Å². The molecule has 0 heterocycles. The molecule has 0 aliphatic carbocycles. The van der Waals surface area contributed by atoms with Crippen LogP contribution in [0.2, 0.25) is 5.02 Å². The Balaban J connectivity index is 1.69. The van der Waals surface area contributed by atoms with E-state index in [2.05, 4.69) is 57.9 Å². The zero-order valence-corrected chi connectivity index (χ0v) is 15.8. The third kappa shape index (κ3) is 4.83. The lowest BCUT2D eigenvalue weighted by molar-refractivity contribution is 1.40.